The maximum atomic E-state index is 11.7. The third-order valence-electron chi connectivity index (χ3n) is 4.19. The summed E-state index contributed by atoms with van der Waals surface area (Å²) in [4.78, 5) is 23.3. The Hall–Kier alpha value is -1.06. The van der Waals surface area contributed by atoms with Crippen LogP contribution in [0.15, 0.2) is 0 Å². The van der Waals surface area contributed by atoms with E-state index in [-0.39, 0.29) is 24.8 Å². The van der Waals surface area contributed by atoms with E-state index in [4.69, 9.17) is 9.47 Å². The highest BCUT2D eigenvalue weighted by Gasteiger charge is 2.13. The van der Waals surface area contributed by atoms with Crippen LogP contribution in [0.1, 0.15) is 79.1 Å². The molecule has 0 aromatic rings. The van der Waals surface area contributed by atoms with Crippen molar-refractivity contribution >= 4 is 11.9 Å². The first kappa shape index (κ1) is 20.9. The molecule has 0 saturated heterocycles. The largest absolute Gasteiger partial charge is 0.465 e. The minimum atomic E-state index is -0.304. The van der Waals surface area contributed by atoms with Crippen LogP contribution in [0.4, 0.5) is 0 Å². The predicted molar refractivity (Wildman–Crippen MR) is 88.5 cm³/mol. The molecule has 1 unspecified atom stereocenters. The molecular weight excluding hydrogens is 280 g/mol. The Labute approximate surface area is 135 Å². The van der Waals surface area contributed by atoms with Gasteiger partial charge in [0.05, 0.1) is 26.1 Å². The lowest BCUT2D eigenvalue weighted by Crippen LogP contribution is -2.17. The van der Waals surface area contributed by atoms with Crippen molar-refractivity contribution in [3.63, 3.8) is 0 Å². The maximum absolute atomic E-state index is 11.7. The van der Waals surface area contributed by atoms with Crippen LogP contribution in [-0.2, 0) is 19.1 Å². The fourth-order valence-electron chi connectivity index (χ4n) is 2.19. The van der Waals surface area contributed by atoms with Crippen LogP contribution in [-0.4, -0.2) is 25.2 Å². The van der Waals surface area contributed by atoms with Crippen molar-refractivity contribution in [1.82, 2.24) is 0 Å². The van der Waals surface area contributed by atoms with Gasteiger partial charge in [0.25, 0.3) is 0 Å². The molecule has 0 aromatic carbocycles. The highest BCUT2D eigenvalue weighted by atomic mass is 16.5. The molecule has 0 fully saturated rings. The van der Waals surface area contributed by atoms with E-state index < -0.39 is 0 Å². The van der Waals surface area contributed by atoms with Gasteiger partial charge in [-0.2, -0.15) is 0 Å². The van der Waals surface area contributed by atoms with Crippen molar-refractivity contribution in [1.29, 1.82) is 0 Å². The topological polar surface area (TPSA) is 52.6 Å². The lowest BCUT2D eigenvalue weighted by molar-refractivity contribution is -0.151. The zero-order valence-electron chi connectivity index (χ0n) is 14.9. The number of rotatable bonds is 13. The molecule has 0 amide bonds. The summed E-state index contributed by atoms with van der Waals surface area (Å²) in [6.45, 7) is 9.37. The Morgan fingerprint density at radius 2 is 1.23 bits per heavy atom. The Morgan fingerprint density at radius 1 is 0.773 bits per heavy atom. The van der Waals surface area contributed by atoms with Crippen molar-refractivity contribution in [3.8, 4) is 0 Å². The summed E-state index contributed by atoms with van der Waals surface area (Å²) in [6, 6.07) is 0. The van der Waals surface area contributed by atoms with E-state index in [2.05, 4.69) is 27.7 Å². The van der Waals surface area contributed by atoms with Gasteiger partial charge in [-0.25, -0.2) is 0 Å². The number of hydrogen-bond acceptors (Lipinski definition) is 4. The minimum Gasteiger partial charge on any atom is -0.465 e. The fraction of sp³-hybridized carbons (Fsp3) is 0.889. The number of unbranched alkanes of at least 4 members (excludes halogenated alkanes) is 1. The number of carbonyl (C=O) groups excluding carboxylic acids is 2. The smallest absolute Gasteiger partial charge is 0.306 e. The normalized spacial score (nSPS) is 12.2. The van der Waals surface area contributed by atoms with Crippen molar-refractivity contribution in [3.05, 3.63) is 0 Å². The van der Waals surface area contributed by atoms with Crippen molar-refractivity contribution in [2.24, 2.45) is 11.8 Å². The quantitative estimate of drug-likeness (QED) is 0.469. The van der Waals surface area contributed by atoms with E-state index in [1.165, 1.54) is 6.42 Å². The zero-order valence-corrected chi connectivity index (χ0v) is 14.9. The Bertz CT molecular complexity index is 297. The zero-order chi connectivity index (χ0) is 16.8. The van der Waals surface area contributed by atoms with Crippen LogP contribution < -0.4 is 0 Å². The standard InChI is InChI=1S/C18H34O4/c1-5-9-10-16(8-4)14-22-18(20)12-11-17(19)21-13-15(6-2)7-3/h15-16H,5-14H2,1-4H3. The minimum absolute atomic E-state index is 0.116. The molecule has 0 N–H and O–H groups in total. The molecule has 0 aromatic heterocycles. The average Bonchev–Trinajstić information content (AvgIpc) is 2.54. The summed E-state index contributed by atoms with van der Waals surface area (Å²) in [5.74, 6) is 0.252. The highest BCUT2D eigenvalue weighted by Crippen LogP contribution is 2.13. The lowest BCUT2D eigenvalue weighted by Gasteiger charge is -2.15. The molecule has 0 aliphatic carbocycles. The van der Waals surface area contributed by atoms with Crippen LogP contribution >= 0.6 is 0 Å². The first-order valence-corrected chi connectivity index (χ1v) is 8.88. The van der Waals surface area contributed by atoms with E-state index in [0.717, 1.165) is 32.1 Å². The molecule has 0 bridgehead atoms. The van der Waals surface area contributed by atoms with Gasteiger partial charge in [0.15, 0.2) is 0 Å². The average molecular weight is 314 g/mol. The van der Waals surface area contributed by atoms with Crippen LogP contribution in [0.2, 0.25) is 0 Å². The Morgan fingerprint density at radius 3 is 1.64 bits per heavy atom. The molecule has 0 aliphatic heterocycles. The van der Waals surface area contributed by atoms with Gasteiger partial charge < -0.3 is 9.47 Å². The summed E-state index contributed by atoms with van der Waals surface area (Å²) < 4.78 is 10.5. The summed E-state index contributed by atoms with van der Waals surface area (Å²) in [6.07, 6.45) is 6.67. The molecule has 1 atom stereocenters. The second kappa shape index (κ2) is 13.6. The summed E-state index contributed by atoms with van der Waals surface area (Å²) >= 11 is 0. The van der Waals surface area contributed by atoms with Crippen molar-refractivity contribution in [2.75, 3.05) is 13.2 Å². The van der Waals surface area contributed by atoms with Crippen molar-refractivity contribution < 1.29 is 19.1 Å². The number of hydrogen-bond donors (Lipinski definition) is 0. The fourth-order valence-corrected chi connectivity index (χ4v) is 2.19. The molecular formula is C18H34O4. The predicted octanol–water partition coefficient (Wildman–Crippen LogP) is 4.51. The maximum Gasteiger partial charge on any atom is 0.306 e. The van der Waals surface area contributed by atoms with Crippen LogP contribution in [0.5, 0.6) is 0 Å². The molecule has 0 saturated carbocycles. The van der Waals surface area contributed by atoms with Gasteiger partial charge >= 0.3 is 11.9 Å². The second-order valence-electron chi connectivity index (χ2n) is 5.97. The first-order valence-electron chi connectivity index (χ1n) is 8.88. The van der Waals surface area contributed by atoms with Crippen molar-refractivity contribution in [2.45, 2.75) is 79.1 Å². The van der Waals surface area contributed by atoms with Gasteiger partial charge in [0.2, 0.25) is 0 Å². The van der Waals surface area contributed by atoms with Crippen LogP contribution in [0.25, 0.3) is 0 Å². The van der Waals surface area contributed by atoms with E-state index >= 15 is 0 Å². The number of carbonyl (C=O) groups is 2. The monoisotopic (exact) mass is 314 g/mol. The molecule has 4 heteroatoms. The molecule has 0 radical (unpaired) electrons. The van der Waals surface area contributed by atoms with E-state index in [1.807, 2.05) is 0 Å². The Kier molecular flexibility index (Phi) is 12.9. The lowest BCUT2D eigenvalue weighted by atomic mass is 10.0. The van der Waals surface area contributed by atoms with Crippen LogP contribution in [0.3, 0.4) is 0 Å². The summed E-state index contributed by atoms with van der Waals surface area (Å²) in [7, 11) is 0. The number of ether oxygens (including phenoxy) is 2. The molecule has 0 heterocycles. The van der Waals surface area contributed by atoms with Gasteiger partial charge in [-0.15, -0.1) is 0 Å². The second-order valence-corrected chi connectivity index (χ2v) is 5.97. The van der Waals surface area contributed by atoms with E-state index in [1.54, 1.807) is 0 Å². The summed E-state index contributed by atoms with van der Waals surface area (Å²) in [5, 5.41) is 0. The third kappa shape index (κ3) is 10.6. The Balaban J connectivity index is 3.81. The van der Waals surface area contributed by atoms with E-state index in [0.29, 0.717) is 25.0 Å². The third-order valence-corrected chi connectivity index (χ3v) is 4.19. The van der Waals surface area contributed by atoms with Crippen LogP contribution in [0, 0.1) is 11.8 Å². The molecule has 0 rings (SSSR count). The number of esters is 2. The molecule has 0 aliphatic rings. The summed E-state index contributed by atoms with van der Waals surface area (Å²) in [5.41, 5.74) is 0. The van der Waals surface area contributed by atoms with Gasteiger partial charge in [0, 0.05) is 0 Å². The van der Waals surface area contributed by atoms with Gasteiger partial charge in [0.1, 0.15) is 0 Å². The first-order chi connectivity index (χ1) is 10.6. The molecule has 4 nitrogen and oxygen atoms in total. The van der Waals surface area contributed by atoms with Gasteiger partial charge in [-0.3, -0.25) is 9.59 Å². The van der Waals surface area contributed by atoms with Gasteiger partial charge in [-0.1, -0.05) is 59.8 Å². The molecule has 22 heavy (non-hydrogen) atoms. The highest BCUT2D eigenvalue weighted by molar-refractivity contribution is 5.77. The van der Waals surface area contributed by atoms with Gasteiger partial charge in [-0.05, 0) is 18.3 Å². The SMILES string of the molecule is CCCCC(CC)COC(=O)CCC(=O)OCC(CC)CC. The van der Waals surface area contributed by atoms with E-state index in [9.17, 15) is 9.59 Å². The molecule has 0 spiro atoms. The molecule has 130 valence electrons.